The third kappa shape index (κ3) is 4.36. The summed E-state index contributed by atoms with van der Waals surface area (Å²) in [4.78, 5) is 31.1. The van der Waals surface area contributed by atoms with Crippen LogP contribution in [0.15, 0.2) is 37.1 Å². The molecule has 0 unspecified atom stereocenters. The Morgan fingerprint density at radius 2 is 2.10 bits per heavy atom. The molecule has 2 aliphatic heterocycles. The predicted octanol–water partition coefficient (Wildman–Crippen LogP) is 2.86. The molecule has 0 amide bonds. The normalized spacial score (nSPS) is 17.4. The summed E-state index contributed by atoms with van der Waals surface area (Å²) in [6, 6.07) is 5.81. The summed E-state index contributed by atoms with van der Waals surface area (Å²) in [5.41, 5.74) is 3.09. The van der Waals surface area contributed by atoms with Crippen molar-refractivity contribution in [2.45, 2.75) is 32.7 Å². The number of pyridine rings is 1. The van der Waals surface area contributed by atoms with Gasteiger partial charge in [-0.05, 0) is 31.9 Å². The fraction of sp³-hybridized carbons (Fsp3) is 0.478. The van der Waals surface area contributed by atoms with E-state index in [-0.39, 0.29) is 11.9 Å². The molecule has 0 aromatic carbocycles. The van der Waals surface area contributed by atoms with Gasteiger partial charge in [-0.2, -0.15) is 0 Å². The highest BCUT2D eigenvalue weighted by Crippen LogP contribution is 2.32. The van der Waals surface area contributed by atoms with Gasteiger partial charge in [0.25, 0.3) is 0 Å². The van der Waals surface area contributed by atoms with Crippen LogP contribution in [0.5, 0.6) is 0 Å². The van der Waals surface area contributed by atoms with Gasteiger partial charge in [0.2, 0.25) is 0 Å². The second-order valence-corrected chi connectivity index (χ2v) is 7.80. The molecule has 2 aromatic heterocycles. The van der Waals surface area contributed by atoms with Gasteiger partial charge in [0.15, 0.2) is 5.82 Å². The molecular formula is C23H29N5O2. The first kappa shape index (κ1) is 20.5. The predicted molar refractivity (Wildman–Crippen MR) is 116 cm³/mol. The summed E-state index contributed by atoms with van der Waals surface area (Å²) >= 11 is 0. The molecule has 1 fully saturated rings. The first-order valence-corrected chi connectivity index (χ1v) is 10.8. The van der Waals surface area contributed by atoms with Crippen molar-refractivity contribution >= 4 is 11.8 Å². The molecule has 1 saturated heterocycles. The monoisotopic (exact) mass is 407 g/mol. The second kappa shape index (κ2) is 9.34. The molecule has 4 heterocycles. The Labute approximate surface area is 177 Å². The highest BCUT2D eigenvalue weighted by atomic mass is 16.5. The van der Waals surface area contributed by atoms with Gasteiger partial charge in [0.1, 0.15) is 11.5 Å². The first-order chi connectivity index (χ1) is 14.7. The number of hydrogen-bond acceptors (Lipinski definition) is 7. The van der Waals surface area contributed by atoms with E-state index in [9.17, 15) is 4.79 Å². The van der Waals surface area contributed by atoms with Crippen molar-refractivity contribution in [3.05, 3.63) is 48.3 Å². The highest BCUT2D eigenvalue weighted by Gasteiger charge is 2.30. The lowest BCUT2D eigenvalue weighted by atomic mass is 9.96. The minimum atomic E-state index is -0.0757. The zero-order valence-electron chi connectivity index (χ0n) is 17.6. The molecule has 0 atom stereocenters. The molecule has 0 radical (unpaired) electrons. The summed E-state index contributed by atoms with van der Waals surface area (Å²) in [5, 5.41) is 0. The smallest absolute Gasteiger partial charge is 0.309 e. The van der Waals surface area contributed by atoms with Crippen LogP contribution in [0, 0.1) is 5.92 Å². The van der Waals surface area contributed by atoms with Crippen molar-refractivity contribution in [2.75, 3.05) is 37.7 Å². The zero-order chi connectivity index (χ0) is 20.9. The van der Waals surface area contributed by atoms with Crippen molar-refractivity contribution in [3.63, 3.8) is 0 Å². The Balaban J connectivity index is 1.64. The van der Waals surface area contributed by atoms with Crippen molar-refractivity contribution in [2.24, 2.45) is 5.92 Å². The summed E-state index contributed by atoms with van der Waals surface area (Å²) < 4.78 is 5.22. The molecule has 7 heteroatoms. The molecule has 2 aromatic rings. The van der Waals surface area contributed by atoms with E-state index in [1.165, 1.54) is 5.56 Å². The SMILES string of the molecule is C=CCN1CCc2nc(-c3ccccn3)nc(N3CCC(C(=O)OCC)CC3)c2C1. The van der Waals surface area contributed by atoms with E-state index < -0.39 is 0 Å². The van der Waals surface area contributed by atoms with Gasteiger partial charge in [-0.25, -0.2) is 9.97 Å². The minimum Gasteiger partial charge on any atom is -0.466 e. The Kier molecular flexibility index (Phi) is 6.38. The van der Waals surface area contributed by atoms with Gasteiger partial charge in [-0.1, -0.05) is 12.1 Å². The topological polar surface area (TPSA) is 71.5 Å². The number of fused-ring (bicyclic) bond motifs is 1. The van der Waals surface area contributed by atoms with E-state index in [1.54, 1.807) is 6.20 Å². The summed E-state index contributed by atoms with van der Waals surface area (Å²) in [7, 11) is 0. The van der Waals surface area contributed by atoms with Crippen LogP contribution in [-0.4, -0.2) is 58.6 Å². The number of rotatable bonds is 6. The van der Waals surface area contributed by atoms with Crippen molar-refractivity contribution in [1.29, 1.82) is 0 Å². The number of nitrogens with zero attached hydrogens (tertiary/aromatic N) is 5. The van der Waals surface area contributed by atoms with E-state index >= 15 is 0 Å². The Morgan fingerprint density at radius 1 is 1.27 bits per heavy atom. The van der Waals surface area contributed by atoms with Gasteiger partial charge >= 0.3 is 5.97 Å². The lowest BCUT2D eigenvalue weighted by Gasteiger charge is -2.36. The largest absolute Gasteiger partial charge is 0.466 e. The van der Waals surface area contributed by atoms with Crippen molar-refractivity contribution < 1.29 is 9.53 Å². The van der Waals surface area contributed by atoms with Crippen LogP contribution in [0.2, 0.25) is 0 Å². The minimum absolute atomic E-state index is 0.0219. The van der Waals surface area contributed by atoms with E-state index in [0.29, 0.717) is 12.4 Å². The van der Waals surface area contributed by atoms with Crippen LogP contribution in [-0.2, 0) is 22.5 Å². The van der Waals surface area contributed by atoms with E-state index in [1.807, 2.05) is 31.2 Å². The maximum atomic E-state index is 12.1. The molecule has 0 aliphatic carbocycles. The number of piperidine rings is 1. The Morgan fingerprint density at radius 3 is 2.80 bits per heavy atom. The number of hydrogen-bond donors (Lipinski definition) is 0. The quantitative estimate of drug-likeness (QED) is 0.539. The third-order valence-corrected chi connectivity index (χ3v) is 5.81. The van der Waals surface area contributed by atoms with E-state index in [2.05, 4.69) is 21.4 Å². The molecule has 7 nitrogen and oxygen atoms in total. The Bertz CT molecular complexity index is 894. The number of carbonyl (C=O) groups is 1. The zero-order valence-corrected chi connectivity index (χ0v) is 17.6. The number of esters is 1. The third-order valence-electron chi connectivity index (χ3n) is 5.81. The van der Waals surface area contributed by atoms with Crippen molar-refractivity contribution in [1.82, 2.24) is 19.9 Å². The van der Waals surface area contributed by atoms with Crippen molar-refractivity contribution in [3.8, 4) is 11.5 Å². The van der Waals surface area contributed by atoms with Crippen LogP contribution in [0.25, 0.3) is 11.5 Å². The molecule has 0 saturated carbocycles. The van der Waals surface area contributed by atoms with Gasteiger partial charge in [-0.15, -0.1) is 6.58 Å². The standard InChI is InChI=1S/C23H29N5O2/c1-3-12-27-13-10-19-18(16-27)22(26-21(25-19)20-7-5-6-11-24-20)28-14-8-17(9-15-28)23(29)30-4-2/h3,5-7,11,17H,1,4,8-10,12-16H2,2H3. The van der Waals surface area contributed by atoms with E-state index in [4.69, 9.17) is 14.7 Å². The molecular weight excluding hydrogens is 378 g/mol. The summed E-state index contributed by atoms with van der Waals surface area (Å²) in [6.45, 7) is 10.4. The number of ether oxygens (including phenoxy) is 1. The molecule has 2 aliphatic rings. The van der Waals surface area contributed by atoms with Gasteiger partial charge in [0, 0.05) is 50.9 Å². The average molecular weight is 408 g/mol. The molecule has 4 rings (SSSR count). The second-order valence-electron chi connectivity index (χ2n) is 7.80. The van der Waals surface area contributed by atoms with Gasteiger partial charge in [-0.3, -0.25) is 14.7 Å². The fourth-order valence-electron chi connectivity index (χ4n) is 4.25. The summed E-state index contributed by atoms with van der Waals surface area (Å²) in [5.74, 6) is 1.56. The van der Waals surface area contributed by atoms with Gasteiger partial charge < -0.3 is 9.64 Å². The Hall–Kier alpha value is -2.80. The van der Waals surface area contributed by atoms with Crippen LogP contribution >= 0.6 is 0 Å². The fourth-order valence-corrected chi connectivity index (χ4v) is 4.25. The summed E-state index contributed by atoms with van der Waals surface area (Å²) in [6.07, 6.45) is 6.17. The maximum absolute atomic E-state index is 12.1. The van der Waals surface area contributed by atoms with Crippen LogP contribution < -0.4 is 4.90 Å². The lowest BCUT2D eigenvalue weighted by Crippen LogP contribution is -2.40. The maximum Gasteiger partial charge on any atom is 0.309 e. The van der Waals surface area contributed by atoms with Crippen LogP contribution in [0.4, 0.5) is 5.82 Å². The number of carbonyl (C=O) groups excluding carboxylic acids is 1. The van der Waals surface area contributed by atoms with Crippen LogP contribution in [0.1, 0.15) is 31.0 Å². The highest BCUT2D eigenvalue weighted by molar-refractivity contribution is 5.73. The molecule has 0 bridgehead atoms. The van der Waals surface area contributed by atoms with Gasteiger partial charge in [0.05, 0.1) is 18.2 Å². The lowest BCUT2D eigenvalue weighted by molar-refractivity contribution is -0.148. The number of aromatic nitrogens is 3. The number of anilines is 1. The first-order valence-electron chi connectivity index (χ1n) is 10.8. The van der Waals surface area contributed by atoms with Crippen LogP contribution in [0.3, 0.4) is 0 Å². The average Bonchev–Trinajstić information content (AvgIpc) is 2.79. The molecule has 158 valence electrons. The van der Waals surface area contributed by atoms with E-state index in [0.717, 1.165) is 69.2 Å². The molecule has 0 N–H and O–H groups in total. The molecule has 30 heavy (non-hydrogen) atoms. The molecule has 0 spiro atoms.